The fraction of sp³-hybridized carbons (Fsp3) is 0.0476. The molecule has 0 saturated heterocycles. The first kappa shape index (κ1) is 18.8. The van der Waals surface area contributed by atoms with E-state index in [0.717, 1.165) is 9.79 Å². The normalized spacial score (nSPS) is 10.7. The van der Waals surface area contributed by atoms with Crippen LogP contribution >= 0.6 is 11.8 Å². The number of aromatic nitrogens is 4. The van der Waals surface area contributed by atoms with Gasteiger partial charge in [-0.05, 0) is 41.6 Å². The van der Waals surface area contributed by atoms with Crippen LogP contribution in [0.15, 0.2) is 88.7 Å². The van der Waals surface area contributed by atoms with Crippen LogP contribution in [0.25, 0.3) is 11.4 Å². The molecule has 0 aliphatic heterocycles. The largest absolute Gasteiger partial charge is 0.323 e. The van der Waals surface area contributed by atoms with Crippen LogP contribution in [0.4, 0.5) is 10.1 Å². The summed E-state index contributed by atoms with van der Waals surface area (Å²) in [5, 5.41) is 14.8. The molecule has 0 saturated carbocycles. The third kappa shape index (κ3) is 4.85. The summed E-state index contributed by atoms with van der Waals surface area (Å²) in [7, 11) is 0. The van der Waals surface area contributed by atoms with Crippen molar-refractivity contribution in [2.75, 3.05) is 5.32 Å². The second-order valence-corrected chi connectivity index (χ2v) is 7.23. The van der Waals surface area contributed by atoms with E-state index in [0.29, 0.717) is 11.3 Å². The standard InChI is InChI=1S/C21H16FN5OS/c22-16-8-6-7-15(13-16)21-24-26-27(25-21)14-20(28)23-18-11-4-5-12-19(18)29-17-9-2-1-3-10-17/h1-13H,14H2,(H,23,28). The summed E-state index contributed by atoms with van der Waals surface area (Å²) in [5.74, 6) is -0.407. The Labute approximate surface area is 170 Å². The lowest BCUT2D eigenvalue weighted by molar-refractivity contribution is -0.117. The van der Waals surface area contributed by atoms with Crippen molar-refractivity contribution in [2.24, 2.45) is 0 Å². The van der Waals surface area contributed by atoms with Crippen LogP contribution in [0.2, 0.25) is 0 Å². The first-order valence-electron chi connectivity index (χ1n) is 8.83. The number of para-hydroxylation sites is 1. The van der Waals surface area contributed by atoms with Crippen molar-refractivity contribution in [3.8, 4) is 11.4 Å². The van der Waals surface area contributed by atoms with Gasteiger partial charge < -0.3 is 5.32 Å². The topological polar surface area (TPSA) is 72.7 Å². The SMILES string of the molecule is O=C(Cn1nnc(-c2cccc(F)c2)n1)Nc1ccccc1Sc1ccccc1. The molecule has 29 heavy (non-hydrogen) atoms. The van der Waals surface area contributed by atoms with Crippen molar-refractivity contribution in [3.05, 3.63) is 84.7 Å². The molecule has 0 unspecified atom stereocenters. The number of hydrogen-bond acceptors (Lipinski definition) is 5. The van der Waals surface area contributed by atoms with E-state index in [1.54, 1.807) is 23.9 Å². The van der Waals surface area contributed by atoms with Crippen molar-refractivity contribution < 1.29 is 9.18 Å². The number of halogens is 1. The van der Waals surface area contributed by atoms with Crippen LogP contribution in [0.1, 0.15) is 0 Å². The van der Waals surface area contributed by atoms with Crippen molar-refractivity contribution in [1.29, 1.82) is 0 Å². The Morgan fingerprint density at radius 1 is 1.00 bits per heavy atom. The summed E-state index contributed by atoms with van der Waals surface area (Å²) in [6, 6.07) is 23.4. The summed E-state index contributed by atoms with van der Waals surface area (Å²) in [5.41, 5.74) is 1.21. The molecule has 0 fully saturated rings. The predicted octanol–water partition coefficient (Wildman–Crippen LogP) is 4.27. The third-order valence-corrected chi connectivity index (χ3v) is 5.04. The van der Waals surface area contributed by atoms with Crippen molar-refractivity contribution in [2.45, 2.75) is 16.3 Å². The molecule has 6 nitrogen and oxygen atoms in total. The van der Waals surface area contributed by atoms with Gasteiger partial charge in [0.15, 0.2) is 0 Å². The maximum Gasteiger partial charge on any atom is 0.248 e. The number of hydrogen-bond donors (Lipinski definition) is 1. The van der Waals surface area contributed by atoms with Gasteiger partial charge in [-0.15, -0.1) is 10.2 Å². The molecule has 3 aromatic carbocycles. The molecule has 0 aliphatic rings. The van der Waals surface area contributed by atoms with E-state index >= 15 is 0 Å². The quantitative estimate of drug-likeness (QED) is 0.519. The van der Waals surface area contributed by atoms with E-state index in [1.165, 1.54) is 16.9 Å². The van der Waals surface area contributed by atoms with Crippen molar-refractivity contribution >= 4 is 23.4 Å². The molecule has 144 valence electrons. The van der Waals surface area contributed by atoms with Crippen LogP contribution in [-0.2, 0) is 11.3 Å². The van der Waals surface area contributed by atoms with Gasteiger partial charge in [-0.2, -0.15) is 4.80 Å². The van der Waals surface area contributed by atoms with E-state index in [2.05, 4.69) is 20.7 Å². The summed E-state index contributed by atoms with van der Waals surface area (Å²) in [4.78, 5) is 15.7. The van der Waals surface area contributed by atoms with E-state index in [-0.39, 0.29) is 24.1 Å². The summed E-state index contributed by atoms with van der Waals surface area (Å²) >= 11 is 1.56. The number of benzene rings is 3. The van der Waals surface area contributed by atoms with Gasteiger partial charge in [0.1, 0.15) is 12.4 Å². The maximum absolute atomic E-state index is 13.4. The lowest BCUT2D eigenvalue weighted by Gasteiger charge is -2.10. The average molecular weight is 405 g/mol. The van der Waals surface area contributed by atoms with Gasteiger partial charge in [0.25, 0.3) is 0 Å². The molecule has 4 rings (SSSR count). The average Bonchev–Trinajstić information content (AvgIpc) is 3.19. The Bertz CT molecular complexity index is 1130. The zero-order valence-electron chi connectivity index (χ0n) is 15.2. The minimum Gasteiger partial charge on any atom is -0.323 e. The maximum atomic E-state index is 13.4. The van der Waals surface area contributed by atoms with Gasteiger partial charge in [0.05, 0.1) is 5.69 Å². The number of amides is 1. The second kappa shape index (κ2) is 8.66. The highest BCUT2D eigenvalue weighted by molar-refractivity contribution is 7.99. The minimum atomic E-state index is -0.385. The molecular formula is C21H16FN5OS. The molecule has 1 N–H and O–H groups in total. The fourth-order valence-corrected chi connectivity index (χ4v) is 3.57. The molecule has 0 spiro atoms. The van der Waals surface area contributed by atoms with Crippen LogP contribution in [0.5, 0.6) is 0 Å². The van der Waals surface area contributed by atoms with Crippen molar-refractivity contribution in [1.82, 2.24) is 20.2 Å². The van der Waals surface area contributed by atoms with Crippen LogP contribution in [-0.4, -0.2) is 26.1 Å². The van der Waals surface area contributed by atoms with E-state index < -0.39 is 0 Å². The van der Waals surface area contributed by atoms with Gasteiger partial charge in [-0.1, -0.05) is 54.2 Å². The molecule has 0 atom stereocenters. The number of anilines is 1. The Balaban J connectivity index is 1.44. The third-order valence-electron chi connectivity index (χ3n) is 3.95. The fourth-order valence-electron chi connectivity index (χ4n) is 2.65. The molecule has 4 aromatic rings. The smallest absolute Gasteiger partial charge is 0.248 e. The molecule has 8 heteroatoms. The summed E-state index contributed by atoms with van der Waals surface area (Å²) in [6.45, 7) is -0.105. The Kier molecular flexibility index (Phi) is 5.62. The minimum absolute atomic E-state index is 0.105. The van der Waals surface area contributed by atoms with Gasteiger partial charge >= 0.3 is 0 Å². The Morgan fingerprint density at radius 3 is 2.62 bits per heavy atom. The second-order valence-electron chi connectivity index (χ2n) is 6.11. The first-order valence-corrected chi connectivity index (χ1v) is 9.64. The number of nitrogens with zero attached hydrogens (tertiary/aromatic N) is 4. The zero-order chi connectivity index (χ0) is 20.1. The molecule has 1 amide bonds. The predicted molar refractivity (Wildman–Crippen MR) is 109 cm³/mol. The number of nitrogens with one attached hydrogen (secondary N) is 1. The van der Waals surface area contributed by atoms with E-state index in [4.69, 9.17) is 0 Å². The lowest BCUT2D eigenvalue weighted by atomic mass is 10.2. The van der Waals surface area contributed by atoms with Gasteiger partial charge in [-0.25, -0.2) is 4.39 Å². The Morgan fingerprint density at radius 2 is 1.79 bits per heavy atom. The van der Waals surface area contributed by atoms with Gasteiger partial charge in [-0.3, -0.25) is 4.79 Å². The highest BCUT2D eigenvalue weighted by Gasteiger charge is 2.12. The molecule has 0 bridgehead atoms. The van der Waals surface area contributed by atoms with E-state index in [9.17, 15) is 9.18 Å². The monoisotopic (exact) mass is 405 g/mol. The van der Waals surface area contributed by atoms with Crippen molar-refractivity contribution in [3.63, 3.8) is 0 Å². The number of rotatable bonds is 6. The van der Waals surface area contributed by atoms with Crippen LogP contribution < -0.4 is 5.32 Å². The number of carbonyl (C=O) groups excluding carboxylic acids is 1. The molecule has 1 heterocycles. The summed E-state index contributed by atoms with van der Waals surface area (Å²) in [6.07, 6.45) is 0. The highest BCUT2D eigenvalue weighted by atomic mass is 32.2. The van der Waals surface area contributed by atoms with E-state index in [1.807, 2.05) is 54.6 Å². The zero-order valence-corrected chi connectivity index (χ0v) is 16.0. The van der Waals surface area contributed by atoms with Crippen LogP contribution in [0, 0.1) is 5.82 Å². The molecule has 1 aromatic heterocycles. The Hall–Kier alpha value is -3.52. The molecule has 0 radical (unpaired) electrons. The van der Waals surface area contributed by atoms with Gasteiger partial charge in [0, 0.05) is 15.4 Å². The number of tetrazole rings is 1. The summed E-state index contributed by atoms with van der Waals surface area (Å²) < 4.78 is 13.4. The molecule has 0 aliphatic carbocycles. The first-order chi connectivity index (χ1) is 14.2. The lowest BCUT2D eigenvalue weighted by Crippen LogP contribution is -2.20. The highest BCUT2D eigenvalue weighted by Crippen LogP contribution is 2.33. The van der Waals surface area contributed by atoms with Gasteiger partial charge in [0.2, 0.25) is 11.7 Å². The number of carbonyl (C=O) groups is 1. The van der Waals surface area contributed by atoms with Crippen LogP contribution in [0.3, 0.4) is 0 Å². The molecular weight excluding hydrogens is 389 g/mol.